The van der Waals surface area contributed by atoms with Gasteiger partial charge in [0.2, 0.25) is 0 Å². The molecule has 0 amide bonds. The Hall–Kier alpha value is -1.76. The van der Waals surface area contributed by atoms with Crippen molar-refractivity contribution < 1.29 is 22.3 Å². The van der Waals surface area contributed by atoms with Gasteiger partial charge in [0.25, 0.3) is 0 Å². The summed E-state index contributed by atoms with van der Waals surface area (Å²) in [7, 11) is 0. The fraction of sp³-hybridized carbons (Fsp3) is 0.357. The van der Waals surface area contributed by atoms with E-state index in [0.717, 1.165) is 16.8 Å². The first-order valence-corrected chi connectivity index (χ1v) is 6.77. The molecule has 0 bridgehead atoms. The molecular weight excluding hydrogens is 324 g/mol. The van der Waals surface area contributed by atoms with Crippen LogP contribution in [0.15, 0.2) is 18.2 Å². The minimum Gasteiger partial charge on any atom is -0.489 e. The minimum absolute atomic E-state index is 0.0378. The second-order valence-corrected chi connectivity index (χ2v) is 5.39. The monoisotopic (exact) mass is 336 g/mol. The van der Waals surface area contributed by atoms with Crippen molar-refractivity contribution in [2.24, 2.45) is 0 Å². The Morgan fingerprint density at radius 3 is 2.36 bits per heavy atom. The number of hydrogen-bond donors (Lipinski definition) is 0. The second-order valence-electron chi connectivity index (χ2n) is 4.98. The van der Waals surface area contributed by atoms with Gasteiger partial charge in [-0.1, -0.05) is 11.6 Å². The molecule has 0 aliphatic rings. The highest BCUT2D eigenvalue weighted by Crippen LogP contribution is 2.33. The standard InChI is InChI=1S/C14H13ClF4N2O/c1-7(2)22-12-6-11(10(16)5-9(12)15)21-8(3)4-13(20-21)14(17,18)19/h4-7H,1-3H3. The highest BCUT2D eigenvalue weighted by Gasteiger charge is 2.34. The van der Waals surface area contributed by atoms with Gasteiger partial charge in [-0.05, 0) is 32.9 Å². The molecule has 0 radical (unpaired) electrons. The smallest absolute Gasteiger partial charge is 0.435 e. The number of halogens is 5. The van der Waals surface area contributed by atoms with Crippen molar-refractivity contribution in [3.05, 3.63) is 40.4 Å². The van der Waals surface area contributed by atoms with Gasteiger partial charge in [0.05, 0.1) is 11.1 Å². The first-order chi connectivity index (χ1) is 10.1. The van der Waals surface area contributed by atoms with Gasteiger partial charge in [-0.3, -0.25) is 0 Å². The number of rotatable bonds is 3. The summed E-state index contributed by atoms with van der Waals surface area (Å²) in [6, 6.07) is 3.07. The van der Waals surface area contributed by atoms with Crippen LogP contribution in [0.3, 0.4) is 0 Å². The van der Waals surface area contributed by atoms with Gasteiger partial charge >= 0.3 is 6.18 Å². The molecule has 1 aromatic heterocycles. The molecule has 3 nitrogen and oxygen atoms in total. The molecule has 8 heteroatoms. The Kier molecular flexibility index (Phi) is 4.37. The Bertz CT molecular complexity index is 695. The fourth-order valence-corrected chi connectivity index (χ4v) is 2.08. The van der Waals surface area contributed by atoms with Crippen LogP contribution >= 0.6 is 11.6 Å². The molecule has 0 fully saturated rings. The van der Waals surface area contributed by atoms with Crippen molar-refractivity contribution >= 4 is 11.6 Å². The third-order valence-electron chi connectivity index (χ3n) is 2.77. The largest absolute Gasteiger partial charge is 0.489 e. The molecule has 1 aromatic carbocycles. The van der Waals surface area contributed by atoms with Gasteiger partial charge < -0.3 is 4.74 Å². The lowest BCUT2D eigenvalue weighted by molar-refractivity contribution is -0.141. The quantitative estimate of drug-likeness (QED) is 0.754. The SMILES string of the molecule is Cc1cc(C(F)(F)F)nn1-c1cc(OC(C)C)c(Cl)cc1F. The molecule has 22 heavy (non-hydrogen) atoms. The van der Waals surface area contributed by atoms with E-state index in [-0.39, 0.29) is 28.3 Å². The number of alkyl halides is 3. The van der Waals surface area contributed by atoms with Gasteiger partial charge in [-0.15, -0.1) is 0 Å². The molecule has 2 rings (SSSR count). The normalized spacial score (nSPS) is 12.0. The van der Waals surface area contributed by atoms with Crippen molar-refractivity contribution in [1.29, 1.82) is 0 Å². The average Bonchev–Trinajstić information content (AvgIpc) is 2.74. The summed E-state index contributed by atoms with van der Waals surface area (Å²) >= 11 is 5.88. The van der Waals surface area contributed by atoms with Gasteiger partial charge in [-0.2, -0.15) is 18.3 Å². The highest BCUT2D eigenvalue weighted by molar-refractivity contribution is 6.32. The molecule has 120 valence electrons. The van der Waals surface area contributed by atoms with Crippen molar-refractivity contribution in [2.75, 3.05) is 0 Å². The Morgan fingerprint density at radius 2 is 1.86 bits per heavy atom. The zero-order valence-corrected chi connectivity index (χ0v) is 12.8. The minimum atomic E-state index is -4.60. The topological polar surface area (TPSA) is 27.1 Å². The molecule has 2 aromatic rings. The molecule has 0 N–H and O–H groups in total. The zero-order chi connectivity index (χ0) is 16.7. The summed E-state index contributed by atoms with van der Waals surface area (Å²) in [4.78, 5) is 0. The van der Waals surface area contributed by atoms with E-state index in [2.05, 4.69) is 5.10 Å². The highest BCUT2D eigenvalue weighted by atomic mass is 35.5. The molecule has 0 saturated heterocycles. The number of benzene rings is 1. The third kappa shape index (κ3) is 3.35. The van der Waals surface area contributed by atoms with E-state index < -0.39 is 17.7 Å². The summed E-state index contributed by atoms with van der Waals surface area (Å²) in [5.41, 5.74) is -1.11. The predicted octanol–water partition coefficient (Wildman–Crippen LogP) is 4.78. The van der Waals surface area contributed by atoms with Crippen LogP contribution < -0.4 is 4.74 Å². The van der Waals surface area contributed by atoms with Crippen LogP contribution in [-0.2, 0) is 6.18 Å². The van der Waals surface area contributed by atoms with Gasteiger partial charge in [0, 0.05) is 11.8 Å². The number of aromatic nitrogens is 2. The van der Waals surface area contributed by atoms with E-state index in [4.69, 9.17) is 16.3 Å². The predicted molar refractivity (Wildman–Crippen MR) is 74.0 cm³/mol. The van der Waals surface area contributed by atoms with Gasteiger partial charge in [0.15, 0.2) is 11.5 Å². The summed E-state index contributed by atoms with van der Waals surface area (Å²) in [6.45, 7) is 4.90. The molecule has 1 heterocycles. The Labute approximate surface area is 129 Å². The maximum atomic E-state index is 14.1. The van der Waals surface area contributed by atoms with Crippen LogP contribution in [0.4, 0.5) is 17.6 Å². The second kappa shape index (κ2) is 5.79. The zero-order valence-electron chi connectivity index (χ0n) is 12.0. The molecule has 0 unspecified atom stereocenters. The number of ether oxygens (including phenoxy) is 1. The molecular formula is C14H13ClF4N2O. The van der Waals surface area contributed by atoms with Crippen LogP contribution in [0.25, 0.3) is 5.69 Å². The van der Waals surface area contributed by atoms with E-state index >= 15 is 0 Å². The molecule has 0 aliphatic carbocycles. The lowest BCUT2D eigenvalue weighted by Crippen LogP contribution is -2.10. The van der Waals surface area contributed by atoms with E-state index in [9.17, 15) is 17.6 Å². The Balaban J connectivity index is 2.55. The van der Waals surface area contributed by atoms with E-state index in [0.29, 0.717) is 0 Å². The van der Waals surface area contributed by atoms with E-state index in [1.807, 2.05) is 0 Å². The maximum Gasteiger partial charge on any atom is 0.435 e. The van der Waals surface area contributed by atoms with Crippen LogP contribution in [0.2, 0.25) is 5.02 Å². The molecule has 0 atom stereocenters. The first-order valence-electron chi connectivity index (χ1n) is 6.39. The van der Waals surface area contributed by atoms with Crippen LogP contribution in [-0.4, -0.2) is 15.9 Å². The number of hydrogen-bond acceptors (Lipinski definition) is 2. The van der Waals surface area contributed by atoms with Crippen molar-refractivity contribution in [3.63, 3.8) is 0 Å². The Morgan fingerprint density at radius 1 is 1.23 bits per heavy atom. The summed E-state index contributed by atoms with van der Waals surface area (Å²) in [5.74, 6) is -0.613. The fourth-order valence-electron chi connectivity index (χ4n) is 1.88. The molecule has 0 spiro atoms. The summed E-state index contributed by atoms with van der Waals surface area (Å²) in [6.07, 6.45) is -4.82. The van der Waals surface area contributed by atoms with Gasteiger partial charge in [0.1, 0.15) is 11.4 Å². The third-order valence-corrected chi connectivity index (χ3v) is 3.07. The summed E-state index contributed by atoms with van der Waals surface area (Å²) in [5, 5.41) is 3.45. The van der Waals surface area contributed by atoms with E-state index in [1.54, 1.807) is 13.8 Å². The van der Waals surface area contributed by atoms with Crippen LogP contribution in [0.1, 0.15) is 25.2 Å². The maximum absolute atomic E-state index is 14.1. The van der Waals surface area contributed by atoms with Crippen molar-refractivity contribution in [1.82, 2.24) is 9.78 Å². The lowest BCUT2D eigenvalue weighted by Gasteiger charge is -2.14. The molecule has 0 saturated carbocycles. The van der Waals surface area contributed by atoms with Crippen LogP contribution in [0, 0.1) is 12.7 Å². The van der Waals surface area contributed by atoms with E-state index in [1.165, 1.54) is 13.0 Å². The summed E-state index contributed by atoms with van der Waals surface area (Å²) < 4.78 is 58.4. The van der Waals surface area contributed by atoms with Crippen molar-refractivity contribution in [3.8, 4) is 11.4 Å². The average molecular weight is 337 g/mol. The number of nitrogens with zero attached hydrogens (tertiary/aromatic N) is 2. The van der Waals surface area contributed by atoms with Crippen LogP contribution in [0.5, 0.6) is 5.75 Å². The van der Waals surface area contributed by atoms with Crippen molar-refractivity contribution in [2.45, 2.75) is 33.1 Å². The number of aryl methyl sites for hydroxylation is 1. The lowest BCUT2D eigenvalue weighted by atomic mass is 10.2. The van der Waals surface area contributed by atoms with Gasteiger partial charge in [-0.25, -0.2) is 9.07 Å². The first kappa shape index (κ1) is 16.6. The molecule has 0 aliphatic heterocycles.